The van der Waals surface area contributed by atoms with Crippen molar-refractivity contribution < 1.29 is 18.9 Å². The summed E-state index contributed by atoms with van der Waals surface area (Å²) in [4.78, 5) is 0. The van der Waals surface area contributed by atoms with Crippen LogP contribution in [0.5, 0.6) is 0 Å². The van der Waals surface area contributed by atoms with Gasteiger partial charge in [-0.2, -0.15) is 0 Å². The molecule has 0 aromatic rings. The van der Waals surface area contributed by atoms with Crippen LogP contribution in [0.3, 0.4) is 0 Å². The fourth-order valence-electron chi connectivity index (χ4n) is 0.412. The van der Waals surface area contributed by atoms with E-state index < -0.39 is 0 Å². The van der Waals surface area contributed by atoms with Crippen molar-refractivity contribution in [3.05, 3.63) is 60.1 Å². The van der Waals surface area contributed by atoms with Gasteiger partial charge < -0.3 is 0 Å². The first-order chi connectivity index (χ1) is 5.72. The first kappa shape index (κ1) is 13.7. The molecular formula is C11H13Ir. The molecule has 1 rings (SSSR count). The average Bonchev–Trinajstić information content (AvgIpc) is 2.43. The van der Waals surface area contributed by atoms with Crippen LogP contribution in [-0.4, -0.2) is 0 Å². The molecule has 0 amide bonds. The molecule has 0 saturated heterocycles. The van der Waals surface area contributed by atoms with Crippen molar-refractivity contribution in [2.24, 2.45) is 0 Å². The second-order valence-corrected chi connectivity index (χ2v) is 3.26. The molecule has 12 heavy (non-hydrogen) atoms. The molecule has 0 saturated carbocycles. The molecule has 1 aliphatic rings. The van der Waals surface area contributed by atoms with Crippen LogP contribution in [0.25, 0.3) is 0 Å². The molecule has 0 heterocycles. The third kappa shape index (κ3) is 16.1. The van der Waals surface area contributed by atoms with E-state index >= 15 is 0 Å². The van der Waals surface area contributed by atoms with E-state index in [1.54, 1.807) is 0 Å². The van der Waals surface area contributed by atoms with Gasteiger partial charge in [0, 0.05) is 0 Å². The van der Waals surface area contributed by atoms with Gasteiger partial charge in [-0.1, -0.05) is 26.3 Å². The summed E-state index contributed by atoms with van der Waals surface area (Å²) >= 11 is 2.14. The molecule has 0 aliphatic heterocycles. The van der Waals surface area contributed by atoms with E-state index in [4.69, 9.17) is 0 Å². The average molecular weight is 337 g/mol. The summed E-state index contributed by atoms with van der Waals surface area (Å²) in [6.07, 6.45) is 7.56. The van der Waals surface area contributed by atoms with Crippen LogP contribution in [-0.2, 0) is 18.9 Å². The first-order valence-electron chi connectivity index (χ1n) is 3.30. The quantitative estimate of drug-likeness (QED) is 0.595. The SMILES string of the molecule is C=C=C.C=C=C.[Ir][C]1=CC=CC1. The summed E-state index contributed by atoms with van der Waals surface area (Å²) in [6, 6.07) is 0. The molecule has 66 valence electrons. The van der Waals surface area contributed by atoms with Crippen molar-refractivity contribution in [3.63, 3.8) is 0 Å². The monoisotopic (exact) mass is 338 g/mol. The van der Waals surface area contributed by atoms with Crippen LogP contribution >= 0.6 is 0 Å². The Balaban J connectivity index is 0. The maximum absolute atomic E-state index is 3.12. The Bertz CT molecular complexity index is 207. The maximum atomic E-state index is 3.12. The molecule has 0 fully saturated rings. The zero-order chi connectivity index (χ0) is 9.82. The van der Waals surface area contributed by atoms with Crippen molar-refractivity contribution in [2.45, 2.75) is 6.42 Å². The Hall–Kier alpha value is -0.831. The Morgan fingerprint density at radius 2 is 1.58 bits per heavy atom. The van der Waals surface area contributed by atoms with Crippen molar-refractivity contribution >= 4 is 0 Å². The van der Waals surface area contributed by atoms with Gasteiger partial charge in [0.1, 0.15) is 0 Å². The predicted octanol–water partition coefficient (Wildman–Crippen LogP) is 3.29. The second-order valence-electron chi connectivity index (χ2n) is 1.72. The molecule has 0 radical (unpaired) electrons. The number of hydrogen-bond donors (Lipinski definition) is 0. The number of rotatable bonds is 0. The van der Waals surface area contributed by atoms with E-state index in [-0.39, 0.29) is 0 Å². The molecular weight excluding hydrogens is 324 g/mol. The van der Waals surface area contributed by atoms with Gasteiger partial charge >= 0.3 is 47.6 Å². The summed E-state index contributed by atoms with van der Waals surface area (Å²) in [6.45, 7) is 12.5. The van der Waals surface area contributed by atoms with Gasteiger partial charge in [0.05, 0.1) is 0 Å². The molecule has 1 heteroatoms. The van der Waals surface area contributed by atoms with Gasteiger partial charge in [-0.3, -0.25) is 0 Å². The van der Waals surface area contributed by atoms with Gasteiger partial charge in [0.2, 0.25) is 0 Å². The summed E-state index contributed by atoms with van der Waals surface area (Å²) in [5, 5.41) is 0. The normalized spacial score (nSPS) is 10.7. The van der Waals surface area contributed by atoms with Crippen molar-refractivity contribution in [2.75, 3.05) is 0 Å². The van der Waals surface area contributed by atoms with Crippen molar-refractivity contribution in [1.82, 2.24) is 0 Å². The van der Waals surface area contributed by atoms with E-state index in [1.807, 2.05) is 0 Å². The van der Waals surface area contributed by atoms with Crippen LogP contribution in [0.4, 0.5) is 0 Å². The summed E-state index contributed by atoms with van der Waals surface area (Å²) in [5.74, 6) is 0. The fourth-order valence-corrected chi connectivity index (χ4v) is 0.924. The van der Waals surface area contributed by atoms with Crippen LogP contribution in [0.2, 0.25) is 0 Å². The van der Waals surface area contributed by atoms with E-state index in [0.29, 0.717) is 0 Å². The Kier molecular flexibility index (Phi) is 14.7. The number of hydrogen-bond acceptors (Lipinski definition) is 0. The second kappa shape index (κ2) is 12.8. The molecule has 0 N–H and O–H groups in total. The molecule has 0 atom stereocenters. The van der Waals surface area contributed by atoms with Gasteiger partial charge in [0.25, 0.3) is 0 Å². The van der Waals surface area contributed by atoms with Crippen LogP contribution in [0, 0.1) is 0 Å². The Labute approximate surface area is 85.5 Å². The van der Waals surface area contributed by atoms with Crippen LogP contribution in [0.15, 0.2) is 60.1 Å². The fraction of sp³-hybridized carbons (Fsp3) is 0.0909. The summed E-state index contributed by atoms with van der Waals surface area (Å²) < 4.78 is 1.47. The first-order valence-corrected chi connectivity index (χ1v) is 4.50. The van der Waals surface area contributed by atoms with Crippen LogP contribution in [0.1, 0.15) is 6.42 Å². The zero-order valence-electron chi connectivity index (χ0n) is 7.10. The van der Waals surface area contributed by atoms with Gasteiger partial charge in [-0.05, 0) is 0 Å². The van der Waals surface area contributed by atoms with Crippen molar-refractivity contribution in [1.29, 1.82) is 0 Å². The minimum atomic E-state index is 1.17. The number of allylic oxidation sites excluding steroid dienone is 4. The zero-order valence-corrected chi connectivity index (χ0v) is 9.50. The molecule has 0 nitrogen and oxygen atoms in total. The third-order valence-corrected chi connectivity index (χ3v) is 1.60. The molecule has 0 spiro atoms. The molecule has 0 bridgehead atoms. The van der Waals surface area contributed by atoms with E-state index in [1.165, 1.54) is 10.5 Å². The van der Waals surface area contributed by atoms with Crippen molar-refractivity contribution in [3.8, 4) is 0 Å². The molecule has 0 aromatic carbocycles. The summed E-state index contributed by atoms with van der Waals surface area (Å²) in [5.41, 5.74) is 4.50. The van der Waals surface area contributed by atoms with Crippen LogP contribution < -0.4 is 0 Å². The Morgan fingerprint density at radius 1 is 1.17 bits per heavy atom. The predicted molar refractivity (Wildman–Crippen MR) is 51.4 cm³/mol. The van der Waals surface area contributed by atoms with Gasteiger partial charge in [-0.25, -0.2) is 0 Å². The van der Waals surface area contributed by atoms with E-state index in [2.05, 4.69) is 74.9 Å². The Morgan fingerprint density at radius 3 is 1.67 bits per heavy atom. The van der Waals surface area contributed by atoms with E-state index in [0.717, 1.165) is 0 Å². The van der Waals surface area contributed by atoms with E-state index in [9.17, 15) is 0 Å². The summed E-state index contributed by atoms with van der Waals surface area (Å²) in [7, 11) is 0. The van der Waals surface area contributed by atoms with Gasteiger partial charge in [-0.15, -0.1) is 11.5 Å². The topological polar surface area (TPSA) is 0 Å². The van der Waals surface area contributed by atoms with Gasteiger partial charge in [0.15, 0.2) is 0 Å². The minimum absolute atomic E-state index is 1.17. The standard InChI is InChI=1S/C5H5.2C3H4.Ir/c1-2-4-5-3-1;2*1-3-2;/h1-3H,4H2;2*1-2H2;. The molecule has 0 unspecified atom stereocenters. The molecule has 0 aromatic heterocycles. The molecule has 1 aliphatic carbocycles. The third-order valence-electron chi connectivity index (χ3n) is 0.709.